The first-order chi connectivity index (χ1) is 15.6. The maximum absolute atomic E-state index is 13.3. The quantitative estimate of drug-likeness (QED) is 0.329. The molecule has 14 heteroatoms. The molecule has 0 aliphatic carbocycles. The maximum Gasteiger partial charge on any atom is 0.406 e. The first-order valence-corrected chi connectivity index (χ1v) is 12.6. The Morgan fingerprint density at radius 3 is 2.94 bits per heavy atom. The Morgan fingerprint density at radius 2 is 2.24 bits per heavy atom. The smallest absolute Gasteiger partial charge is 0.406 e. The normalized spacial score (nSPS) is 38.5. The van der Waals surface area contributed by atoms with Crippen LogP contribution in [0.2, 0.25) is 0 Å². The summed E-state index contributed by atoms with van der Waals surface area (Å²) in [6.07, 6.45) is -2.29. The fraction of sp³-hybridized carbons (Fsp3) is 0.789. The minimum absolute atomic E-state index is 0.0926. The number of hydrogen-bond acceptors (Lipinski definition) is 12. The van der Waals surface area contributed by atoms with Crippen molar-refractivity contribution in [2.75, 3.05) is 13.2 Å². The molecule has 0 saturated carbocycles. The van der Waals surface area contributed by atoms with Gasteiger partial charge in [0, 0.05) is 0 Å². The molecule has 33 heavy (non-hydrogen) atoms. The van der Waals surface area contributed by atoms with Gasteiger partial charge in [-0.2, -0.15) is 0 Å². The fourth-order valence-electron chi connectivity index (χ4n) is 4.28. The zero-order valence-electron chi connectivity index (χ0n) is 19.0. The molecular formula is C19H31N6O7P. The van der Waals surface area contributed by atoms with E-state index in [1.165, 1.54) is 6.34 Å². The third-order valence-electron chi connectivity index (χ3n) is 5.73. The summed E-state index contributed by atoms with van der Waals surface area (Å²) >= 11 is 0. The average Bonchev–Trinajstić information content (AvgIpc) is 3.28. The zero-order valence-corrected chi connectivity index (χ0v) is 19.9. The van der Waals surface area contributed by atoms with Crippen molar-refractivity contribution in [3.8, 4) is 0 Å². The number of rotatable bonds is 7. The number of aliphatic imine (C=N–C) groups is 3. The van der Waals surface area contributed by atoms with Gasteiger partial charge in [-0.15, -0.1) is 0 Å². The third kappa shape index (κ3) is 4.84. The number of fused-ring (bicyclic) bond motifs is 2. The number of ether oxygens (including phenoxy) is 2. The summed E-state index contributed by atoms with van der Waals surface area (Å²) in [4.78, 5) is 27.0. The van der Waals surface area contributed by atoms with Gasteiger partial charge >= 0.3 is 13.7 Å². The molecule has 0 aromatic carbocycles. The third-order valence-corrected chi connectivity index (χ3v) is 7.36. The second-order valence-corrected chi connectivity index (χ2v) is 10.5. The first-order valence-electron chi connectivity index (χ1n) is 11.0. The molecule has 4 rings (SSSR count). The van der Waals surface area contributed by atoms with Crippen molar-refractivity contribution in [2.24, 2.45) is 26.6 Å². The number of aliphatic hydroxyl groups excluding tert-OH is 1. The summed E-state index contributed by atoms with van der Waals surface area (Å²) in [5.74, 6) is 0.414. The molecule has 4 unspecified atom stereocenters. The summed E-state index contributed by atoms with van der Waals surface area (Å²) in [7, 11) is -3.93. The van der Waals surface area contributed by atoms with E-state index < -0.39 is 56.5 Å². The summed E-state index contributed by atoms with van der Waals surface area (Å²) in [5, 5.41) is 13.7. The van der Waals surface area contributed by atoms with Crippen molar-refractivity contribution in [1.29, 1.82) is 0 Å². The molecule has 8 atom stereocenters. The number of carbonyl (C=O) groups is 1. The Morgan fingerprint density at radius 1 is 1.48 bits per heavy atom. The van der Waals surface area contributed by atoms with Crippen LogP contribution in [-0.4, -0.2) is 90.0 Å². The molecule has 2 fully saturated rings. The summed E-state index contributed by atoms with van der Waals surface area (Å²) in [6, 6.07) is -1.35. The number of hydrogen-bond donors (Lipinski definition) is 3. The van der Waals surface area contributed by atoms with E-state index in [0.717, 1.165) is 0 Å². The number of nitrogens with one attached hydrogen (secondary N) is 1. The van der Waals surface area contributed by atoms with E-state index in [-0.39, 0.29) is 19.1 Å². The number of nitrogens with two attached hydrogens (primary N) is 1. The predicted molar refractivity (Wildman–Crippen MR) is 119 cm³/mol. The lowest BCUT2D eigenvalue weighted by Crippen LogP contribution is -2.52. The van der Waals surface area contributed by atoms with E-state index in [9.17, 15) is 14.5 Å². The number of esters is 1. The van der Waals surface area contributed by atoms with Crippen LogP contribution in [0.25, 0.3) is 0 Å². The fourth-order valence-corrected chi connectivity index (χ4v) is 5.99. The van der Waals surface area contributed by atoms with Crippen LogP contribution < -0.4 is 10.8 Å². The number of carbonyl (C=O) groups excluding carboxylic acids is 1. The lowest BCUT2D eigenvalue weighted by molar-refractivity contribution is -0.145. The summed E-state index contributed by atoms with van der Waals surface area (Å²) in [6.45, 7) is 7.38. The van der Waals surface area contributed by atoms with Crippen LogP contribution in [0.1, 0.15) is 34.1 Å². The number of nitrogens with zero attached hydrogens (tertiary/aromatic N) is 4. The van der Waals surface area contributed by atoms with Crippen LogP contribution in [0.5, 0.6) is 0 Å². The highest BCUT2D eigenvalue weighted by Gasteiger charge is 2.56. The van der Waals surface area contributed by atoms with Crippen LogP contribution in [-0.2, 0) is 27.9 Å². The van der Waals surface area contributed by atoms with Gasteiger partial charge in [0.2, 0.25) is 0 Å². The van der Waals surface area contributed by atoms with Gasteiger partial charge in [0.15, 0.2) is 12.4 Å². The molecule has 4 aliphatic heterocycles. The largest absolute Gasteiger partial charge is 0.465 e. The highest BCUT2D eigenvalue weighted by Crippen LogP contribution is 2.52. The minimum atomic E-state index is -3.93. The van der Waals surface area contributed by atoms with Crippen molar-refractivity contribution >= 4 is 31.7 Å². The molecule has 4 aliphatic rings. The predicted octanol–water partition coefficient (Wildman–Crippen LogP) is -0.00910. The van der Waals surface area contributed by atoms with Gasteiger partial charge in [-0.05, 0) is 26.2 Å². The Kier molecular flexibility index (Phi) is 6.90. The van der Waals surface area contributed by atoms with Crippen molar-refractivity contribution in [3.63, 3.8) is 0 Å². The standard InChI is InChI=1S/C19H31N6O7P/c1-5-29-19(27)11(6-9(2)3)24-33(28)30-7-12-15(32-33)14(26)18(31-12)25-8-21-13-16(20)22-10(4)23-17(13)25/h8-9,11-15,17-18,26H,5-7H2,1-4H3,(H,24,28)(H2,20,22,23)/t11-,12?,13?,14-,15+,17?,18+,33?/m0/s1. The molecule has 0 spiro atoms. The number of amidine groups is 2. The summed E-state index contributed by atoms with van der Waals surface area (Å²) < 4.78 is 35.6. The van der Waals surface area contributed by atoms with Crippen LogP contribution in [0.4, 0.5) is 0 Å². The van der Waals surface area contributed by atoms with Crippen molar-refractivity contribution in [3.05, 3.63) is 0 Å². The monoisotopic (exact) mass is 486 g/mol. The van der Waals surface area contributed by atoms with Gasteiger partial charge < -0.3 is 25.2 Å². The molecule has 0 amide bonds. The molecule has 4 N–H and O–H groups in total. The van der Waals surface area contributed by atoms with Gasteiger partial charge in [0.05, 0.1) is 19.6 Å². The first kappa shape index (κ1) is 24.2. The van der Waals surface area contributed by atoms with E-state index in [2.05, 4.69) is 20.1 Å². The molecule has 0 bridgehead atoms. The van der Waals surface area contributed by atoms with Gasteiger partial charge in [-0.25, -0.2) is 19.6 Å². The lowest BCUT2D eigenvalue weighted by Gasteiger charge is -2.34. The molecule has 0 aromatic heterocycles. The lowest BCUT2D eigenvalue weighted by atomic mass is 10.1. The Balaban J connectivity index is 1.46. The molecule has 2 saturated heterocycles. The average molecular weight is 486 g/mol. The summed E-state index contributed by atoms with van der Waals surface area (Å²) in [5.41, 5.74) is 5.98. The van der Waals surface area contributed by atoms with E-state index in [4.69, 9.17) is 24.3 Å². The SMILES string of the molecule is CCOC(=O)[C@H](CC(C)C)NP1(=O)OCC2O[C@@H](N3C=NC4C(N)=NC(C)=NC43)[C@@H](O)[C@@H]2O1. The van der Waals surface area contributed by atoms with Gasteiger partial charge in [-0.1, -0.05) is 13.8 Å². The number of aliphatic hydroxyl groups is 1. The zero-order chi connectivity index (χ0) is 23.9. The van der Waals surface area contributed by atoms with Crippen LogP contribution in [0, 0.1) is 5.92 Å². The van der Waals surface area contributed by atoms with Crippen molar-refractivity contribution in [1.82, 2.24) is 9.99 Å². The van der Waals surface area contributed by atoms with Gasteiger partial charge in [-0.3, -0.25) is 18.8 Å². The van der Waals surface area contributed by atoms with Crippen molar-refractivity contribution < 1.29 is 33.0 Å². The topological polar surface area (TPSA) is 170 Å². The van der Waals surface area contributed by atoms with E-state index >= 15 is 0 Å². The molecule has 4 heterocycles. The highest BCUT2D eigenvalue weighted by atomic mass is 31.2. The second kappa shape index (κ2) is 9.40. The molecule has 0 radical (unpaired) electrons. The molecular weight excluding hydrogens is 455 g/mol. The second-order valence-electron chi connectivity index (χ2n) is 8.77. The highest BCUT2D eigenvalue weighted by molar-refractivity contribution is 7.51. The van der Waals surface area contributed by atoms with E-state index in [0.29, 0.717) is 18.1 Å². The van der Waals surface area contributed by atoms with E-state index in [1.54, 1.807) is 18.7 Å². The van der Waals surface area contributed by atoms with Crippen LogP contribution >= 0.6 is 7.75 Å². The van der Waals surface area contributed by atoms with Crippen LogP contribution in [0.15, 0.2) is 15.0 Å². The van der Waals surface area contributed by atoms with Gasteiger partial charge in [0.1, 0.15) is 42.1 Å². The van der Waals surface area contributed by atoms with Crippen LogP contribution in [0.3, 0.4) is 0 Å². The Labute approximate surface area is 192 Å². The Hall–Kier alpha value is -1.89. The van der Waals surface area contributed by atoms with Crippen molar-refractivity contribution in [2.45, 2.75) is 76.9 Å². The maximum atomic E-state index is 13.3. The molecule has 13 nitrogen and oxygen atoms in total. The molecule has 184 valence electrons. The van der Waals surface area contributed by atoms with E-state index in [1.807, 2.05) is 13.8 Å². The van der Waals surface area contributed by atoms with Gasteiger partial charge in [0.25, 0.3) is 0 Å². The molecule has 0 aromatic rings. The Bertz CT molecular complexity index is 911. The minimum Gasteiger partial charge on any atom is -0.465 e.